The summed E-state index contributed by atoms with van der Waals surface area (Å²) in [6.45, 7) is 6.36. The average Bonchev–Trinajstić information content (AvgIpc) is 3.56. The molecule has 3 heterocycles. The normalized spacial score (nSPS) is 22.0. The second kappa shape index (κ2) is 12.0. The first-order chi connectivity index (χ1) is 19.7. The number of hydrogen-bond donors (Lipinski definition) is 3. The summed E-state index contributed by atoms with van der Waals surface area (Å²) < 4.78 is 14.7. The van der Waals surface area contributed by atoms with Crippen LogP contribution in [0.15, 0.2) is 42.5 Å². The van der Waals surface area contributed by atoms with E-state index in [1.54, 1.807) is 37.1 Å². The van der Waals surface area contributed by atoms with Crippen LogP contribution in [0.3, 0.4) is 0 Å². The van der Waals surface area contributed by atoms with Crippen LogP contribution in [-0.4, -0.2) is 75.8 Å². The van der Waals surface area contributed by atoms with Crippen molar-refractivity contribution in [2.75, 3.05) is 20.1 Å². The highest BCUT2D eigenvalue weighted by Gasteiger charge is 2.44. The molecule has 3 N–H and O–H groups in total. The van der Waals surface area contributed by atoms with Crippen LogP contribution in [0.1, 0.15) is 58.3 Å². The zero-order valence-corrected chi connectivity index (χ0v) is 24.1. The van der Waals surface area contributed by atoms with Crippen LogP contribution < -0.4 is 10.6 Å². The Morgan fingerprint density at radius 2 is 1.83 bits per heavy atom. The van der Waals surface area contributed by atoms with Crippen molar-refractivity contribution in [3.8, 4) is 11.1 Å². The molecule has 5 rings (SSSR count). The van der Waals surface area contributed by atoms with Crippen LogP contribution in [0.5, 0.6) is 0 Å². The van der Waals surface area contributed by atoms with Gasteiger partial charge in [0, 0.05) is 36.7 Å². The number of carbonyl (C=O) groups is 3. The predicted octanol–water partition coefficient (Wildman–Crippen LogP) is 3.77. The number of carbonyl (C=O) groups excluding carboxylic acids is 3. The van der Waals surface area contributed by atoms with Gasteiger partial charge < -0.3 is 25.4 Å². The van der Waals surface area contributed by atoms with Crippen LogP contribution in [0.4, 0.5) is 4.39 Å². The number of likely N-dealkylation sites (N-methyl/N-ethyl adjacent to an activating group) is 1. The lowest BCUT2D eigenvalue weighted by atomic mass is 10.0. The lowest BCUT2D eigenvalue weighted by Crippen LogP contribution is -2.60. The lowest BCUT2D eigenvalue weighted by molar-refractivity contribution is -0.144. The van der Waals surface area contributed by atoms with Crippen LogP contribution in [0.25, 0.3) is 22.2 Å². The molecule has 10 heteroatoms. The average molecular weight is 563 g/mol. The van der Waals surface area contributed by atoms with Gasteiger partial charge in [-0.15, -0.1) is 0 Å². The third-order valence-electron chi connectivity index (χ3n) is 8.28. The molecule has 3 amide bonds. The first-order valence-electron chi connectivity index (χ1n) is 14.5. The van der Waals surface area contributed by atoms with Gasteiger partial charge in [-0.25, -0.2) is 9.37 Å². The number of halogens is 1. The summed E-state index contributed by atoms with van der Waals surface area (Å²) in [5.41, 5.74) is 2.56. The molecular weight excluding hydrogens is 523 g/mol. The molecule has 2 fully saturated rings. The Bertz CT molecular complexity index is 1440. The van der Waals surface area contributed by atoms with Crippen molar-refractivity contribution < 1.29 is 18.8 Å². The Morgan fingerprint density at radius 1 is 1.07 bits per heavy atom. The van der Waals surface area contributed by atoms with Gasteiger partial charge in [0.15, 0.2) is 0 Å². The SMILES string of the molecule is CN[C@@H](C)C(=O)N[C@H]1CN(C(=O)CC(C)C)CC[C@H]2CC[C@@H](c3nc4c(-c5ccccc5F)cccc4[nH]3)N2C1=O. The van der Waals surface area contributed by atoms with E-state index in [1.165, 1.54) is 6.07 Å². The molecule has 0 unspecified atom stereocenters. The Balaban J connectivity index is 1.48. The van der Waals surface area contributed by atoms with Crippen LogP contribution in [0.2, 0.25) is 0 Å². The molecule has 0 bridgehead atoms. The standard InChI is InChI=1S/C31H39FN6O3/c1-18(2)16-27(39)37-15-14-20-12-13-26(38(20)31(41)25(17-37)35-30(40)19(3)33-4)29-34-24-11-7-9-22(28(24)36-29)21-8-5-6-10-23(21)32/h5-11,18-20,25-26,33H,12-17H2,1-4H3,(H,34,36)(H,35,40)/t19-,20+,25-,26-/m0/s1. The van der Waals surface area contributed by atoms with Crippen molar-refractivity contribution in [1.29, 1.82) is 0 Å². The van der Waals surface area contributed by atoms with Gasteiger partial charge in [-0.2, -0.15) is 0 Å². The largest absolute Gasteiger partial charge is 0.341 e. The van der Waals surface area contributed by atoms with Crippen molar-refractivity contribution in [1.82, 2.24) is 30.4 Å². The number of aromatic nitrogens is 2. The number of para-hydroxylation sites is 1. The molecule has 41 heavy (non-hydrogen) atoms. The molecule has 4 atom stereocenters. The quantitative estimate of drug-likeness (QED) is 0.406. The fraction of sp³-hybridized carbons (Fsp3) is 0.484. The second-order valence-electron chi connectivity index (χ2n) is 11.6. The van der Waals surface area contributed by atoms with Gasteiger partial charge >= 0.3 is 0 Å². The van der Waals surface area contributed by atoms with E-state index in [0.29, 0.717) is 48.3 Å². The summed E-state index contributed by atoms with van der Waals surface area (Å²) in [5.74, 6) is -0.0124. The van der Waals surface area contributed by atoms with E-state index in [9.17, 15) is 18.8 Å². The summed E-state index contributed by atoms with van der Waals surface area (Å²) in [4.78, 5) is 52.1. The number of imidazole rings is 1. The van der Waals surface area contributed by atoms with Gasteiger partial charge in [0.2, 0.25) is 17.7 Å². The topological polar surface area (TPSA) is 110 Å². The first kappa shape index (κ1) is 28.7. The molecule has 0 saturated carbocycles. The van der Waals surface area contributed by atoms with Crippen LogP contribution >= 0.6 is 0 Å². The molecule has 2 aromatic carbocycles. The van der Waals surface area contributed by atoms with Crippen molar-refractivity contribution >= 4 is 28.8 Å². The number of fused-ring (bicyclic) bond motifs is 2. The molecular formula is C31H39FN6O3. The van der Waals surface area contributed by atoms with E-state index in [0.717, 1.165) is 11.9 Å². The van der Waals surface area contributed by atoms with E-state index in [4.69, 9.17) is 4.98 Å². The predicted molar refractivity (Wildman–Crippen MR) is 155 cm³/mol. The Morgan fingerprint density at radius 3 is 2.56 bits per heavy atom. The molecule has 1 aromatic heterocycles. The van der Waals surface area contributed by atoms with Crippen molar-refractivity contribution in [2.45, 2.75) is 70.6 Å². The van der Waals surface area contributed by atoms with E-state index in [2.05, 4.69) is 15.6 Å². The Kier molecular flexibility index (Phi) is 8.40. The fourth-order valence-electron chi connectivity index (χ4n) is 5.99. The minimum absolute atomic E-state index is 0.00494. The van der Waals surface area contributed by atoms with Crippen LogP contribution in [0, 0.1) is 11.7 Å². The smallest absolute Gasteiger partial charge is 0.247 e. The third-order valence-corrected chi connectivity index (χ3v) is 8.28. The molecule has 0 radical (unpaired) electrons. The number of amides is 3. The highest BCUT2D eigenvalue weighted by atomic mass is 19.1. The molecule has 2 aliphatic heterocycles. The second-order valence-corrected chi connectivity index (χ2v) is 11.6. The summed E-state index contributed by atoms with van der Waals surface area (Å²) in [6, 6.07) is 10.4. The molecule has 9 nitrogen and oxygen atoms in total. The number of hydrogen-bond acceptors (Lipinski definition) is 5. The van der Waals surface area contributed by atoms with Gasteiger partial charge in [-0.05, 0) is 51.3 Å². The zero-order chi connectivity index (χ0) is 29.3. The number of nitrogens with zero attached hydrogens (tertiary/aromatic N) is 3. The van der Waals surface area contributed by atoms with Gasteiger partial charge in [0.05, 0.1) is 23.1 Å². The van der Waals surface area contributed by atoms with E-state index in [-0.39, 0.29) is 48.1 Å². The zero-order valence-electron chi connectivity index (χ0n) is 24.1. The monoisotopic (exact) mass is 562 g/mol. The number of nitrogens with one attached hydrogen (secondary N) is 3. The third kappa shape index (κ3) is 5.84. The van der Waals surface area contributed by atoms with Crippen molar-refractivity contribution in [3.05, 3.63) is 54.1 Å². The minimum Gasteiger partial charge on any atom is -0.341 e. The van der Waals surface area contributed by atoms with Crippen molar-refractivity contribution in [3.63, 3.8) is 0 Å². The Hall–Kier alpha value is -3.79. The number of rotatable bonds is 7. The van der Waals surface area contributed by atoms with Gasteiger partial charge in [0.25, 0.3) is 0 Å². The van der Waals surface area contributed by atoms with E-state index in [1.807, 2.05) is 36.9 Å². The number of aromatic amines is 1. The Labute approximate surface area is 239 Å². The summed E-state index contributed by atoms with van der Waals surface area (Å²) in [7, 11) is 1.69. The molecule has 0 aliphatic carbocycles. The maximum atomic E-state index is 14.7. The van der Waals surface area contributed by atoms with Gasteiger partial charge in [0.1, 0.15) is 17.7 Å². The maximum absolute atomic E-state index is 14.7. The number of benzene rings is 2. The maximum Gasteiger partial charge on any atom is 0.247 e. The molecule has 2 saturated heterocycles. The first-order valence-corrected chi connectivity index (χ1v) is 14.5. The lowest BCUT2D eigenvalue weighted by Gasteiger charge is -2.39. The van der Waals surface area contributed by atoms with Gasteiger partial charge in [-0.1, -0.05) is 44.2 Å². The highest BCUT2D eigenvalue weighted by molar-refractivity contribution is 5.93. The highest BCUT2D eigenvalue weighted by Crippen LogP contribution is 2.39. The summed E-state index contributed by atoms with van der Waals surface area (Å²) in [6.07, 6.45) is 2.49. The fourth-order valence-corrected chi connectivity index (χ4v) is 5.99. The van der Waals surface area contributed by atoms with E-state index >= 15 is 0 Å². The summed E-state index contributed by atoms with van der Waals surface area (Å²) >= 11 is 0. The van der Waals surface area contributed by atoms with E-state index < -0.39 is 12.1 Å². The van der Waals surface area contributed by atoms with Gasteiger partial charge in [-0.3, -0.25) is 14.4 Å². The molecule has 2 aliphatic rings. The molecule has 3 aromatic rings. The van der Waals surface area contributed by atoms with Crippen molar-refractivity contribution in [2.24, 2.45) is 5.92 Å². The molecule has 0 spiro atoms. The minimum atomic E-state index is -0.879. The van der Waals surface area contributed by atoms with Crippen LogP contribution in [-0.2, 0) is 14.4 Å². The molecule has 218 valence electrons. The summed E-state index contributed by atoms with van der Waals surface area (Å²) in [5, 5.41) is 5.83. The number of H-pyrrole nitrogens is 1.